The van der Waals surface area contributed by atoms with Crippen LogP contribution in [0.3, 0.4) is 0 Å². The first-order chi connectivity index (χ1) is 15.8. The van der Waals surface area contributed by atoms with Gasteiger partial charge in [0.2, 0.25) is 5.88 Å². The fourth-order valence-corrected chi connectivity index (χ4v) is 3.82. The molecule has 11 heteroatoms. The van der Waals surface area contributed by atoms with Gasteiger partial charge in [0, 0.05) is 11.8 Å². The molecule has 3 aromatic heterocycles. The summed E-state index contributed by atoms with van der Waals surface area (Å²) in [6.45, 7) is 2.46. The minimum absolute atomic E-state index is 0.00117. The summed E-state index contributed by atoms with van der Waals surface area (Å²) in [6, 6.07) is 8.87. The molecule has 0 spiro atoms. The molecule has 5 rings (SSSR count). The first-order valence-corrected chi connectivity index (χ1v) is 10.1. The highest BCUT2D eigenvalue weighted by Crippen LogP contribution is 2.39. The monoisotopic (exact) mass is 456 g/mol. The summed E-state index contributed by atoms with van der Waals surface area (Å²) in [5.74, 6) is 0.910. The molecule has 0 aliphatic carbocycles. The van der Waals surface area contributed by atoms with Crippen molar-refractivity contribution in [2.24, 2.45) is 0 Å². The normalized spacial score (nSPS) is 16.0. The summed E-state index contributed by atoms with van der Waals surface area (Å²) in [5, 5.41) is 4.48. The summed E-state index contributed by atoms with van der Waals surface area (Å²) in [7, 11) is 1.50. The highest BCUT2D eigenvalue weighted by Gasteiger charge is 2.38. The third-order valence-electron chi connectivity index (χ3n) is 5.32. The van der Waals surface area contributed by atoms with Crippen molar-refractivity contribution in [1.29, 1.82) is 0 Å². The van der Waals surface area contributed by atoms with Crippen LogP contribution in [0.15, 0.2) is 48.9 Å². The molecule has 1 aliphatic heterocycles. The number of benzene rings is 1. The van der Waals surface area contributed by atoms with E-state index in [0.717, 1.165) is 11.8 Å². The van der Waals surface area contributed by atoms with Gasteiger partial charge in [0.1, 0.15) is 17.5 Å². The first-order valence-electron chi connectivity index (χ1n) is 10.1. The fraction of sp³-hybridized carbons (Fsp3) is 0.273. The number of methoxy groups -OCH3 is 1. The number of hydrogen-bond donors (Lipinski definition) is 0. The van der Waals surface area contributed by atoms with Gasteiger partial charge in [0.25, 0.3) is 0 Å². The van der Waals surface area contributed by atoms with E-state index in [2.05, 4.69) is 20.1 Å². The maximum Gasteiger partial charge on any atom is 0.416 e. The lowest BCUT2D eigenvalue weighted by Gasteiger charge is -2.25. The van der Waals surface area contributed by atoms with Crippen molar-refractivity contribution in [2.75, 3.05) is 13.7 Å². The van der Waals surface area contributed by atoms with Gasteiger partial charge in [-0.2, -0.15) is 13.2 Å². The Morgan fingerprint density at radius 2 is 1.94 bits per heavy atom. The molecule has 33 heavy (non-hydrogen) atoms. The molecule has 0 radical (unpaired) electrons. The number of pyridine rings is 1. The topological polar surface area (TPSA) is 79.9 Å². The Labute approximate surface area is 186 Å². The van der Waals surface area contributed by atoms with Crippen LogP contribution in [0.1, 0.15) is 28.7 Å². The number of aromatic nitrogens is 6. The van der Waals surface area contributed by atoms with E-state index in [1.54, 1.807) is 33.8 Å². The number of halogens is 3. The maximum atomic E-state index is 13.6. The third-order valence-corrected chi connectivity index (χ3v) is 5.32. The van der Waals surface area contributed by atoms with Crippen molar-refractivity contribution in [3.05, 3.63) is 71.6 Å². The second-order valence-electron chi connectivity index (χ2n) is 7.50. The molecule has 8 nitrogen and oxygen atoms in total. The Kier molecular flexibility index (Phi) is 5.12. The maximum absolute atomic E-state index is 13.6. The van der Waals surface area contributed by atoms with Crippen LogP contribution in [-0.4, -0.2) is 43.0 Å². The van der Waals surface area contributed by atoms with E-state index < -0.39 is 17.8 Å². The van der Waals surface area contributed by atoms with Gasteiger partial charge in [-0.3, -0.25) is 0 Å². The SMILES string of the molecule is COc1nc(-c2nc3n(n2)CCO[C@@H]3c2ccccc2C(F)(F)F)ccc1-n1cnc(C)c1. The number of nitrogens with zero attached hydrogens (tertiary/aromatic N) is 6. The standard InChI is InChI=1S/C22H19F3N6O2/c1-13-11-30(12-26-13)17-8-7-16(27-21(17)32-2)19-28-20-18(33-10-9-31(20)29-19)14-5-3-4-6-15(14)22(23,24)25/h3-8,11-12,18H,9-10H2,1-2H3/t18-/m1/s1. The zero-order chi connectivity index (χ0) is 23.2. The average Bonchev–Trinajstić information content (AvgIpc) is 3.44. The van der Waals surface area contributed by atoms with E-state index in [-0.39, 0.29) is 18.0 Å². The molecule has 1 aromatic carbocycles. The minimum atomic E-state index is -4.51. The van der Waals surface area contributed by atoms with Crippen molar-refractivity contribution < 1.29 is 22.6 Å². The van der Waals surface area contributed by atoms with Crippen LogP contribution >= 0.6 is 0 Å². The number of rotatable bonds is 4. The van der Waals surface area contributed by atoms with Gasteiger partial charge >= 0.3 is 6.18 Å². The number of alkyl halides is 3. The van der Waals surface area contributed by atoms with Gasteiger partial charge in [0.15, 0.2) is 11.6 Å². The van der Waals surface area contributed by atoms with Crippen LogP contribution in [0.25, 0.3) is 17.2 Å². The number of imidazole rings is 1. The molecule has 0 N–H and O–H groups in total. The lowest BCUT2D eigenvalue weighted by Crippen LogP contribution is -2.25. The summed E-state index contributed by atoms with van der Waals surface area (Å²) in [5.41, 5.74) is 1.20. The largest absolute Gasteiger partial charge is 0.479 e. The molecule has 0 saturated carbocycles. The van der Waals surface area contributed by atoms with Crippen LogP contribution < -0.4 is 4.74 Å². The number of fused-ring (bicyclic) bond motifs is 1. The second-order valence-corrected chi connectivity index (χ2v) is 7.50. The molecular formula is C22H19F3N6O2. The Morgan fingerprint density at radius 1 is 1.12 bits per heavy atom. The van der Waals surface area contributed by atoms with Crippen LogP contribution in [0.4, 0.5) is 13.2 Å². The third kappa shape index (κ3) is 3.84. The second kappa shape index (κ2) is 8.00. The molecule has 4 heterocycles. The Hall–Kier alpha value is -3.73. The molecule has 170 valence electrons. The lowest BCUT2D eigenvalue weighted by molar-refractivity contribution is -0.139. The van der Waals surface area contributed by atoms with Crippen LogP contribution in [0.5, 0.6) is 5.88 Å². The Balaban J connectivity index is 1.55. The molecule has 0 unspecified atom stereocenters. The highest BCUT2D eigenvalue weighted by molar-refractivity contribution is 5.55. The molecule has 1 aliphatic rings. The Morgan fingerprint density at radius 3 is 2.67 bits per heavy atom. The van der Waals surface area contributed by atoms with Gasteiger partial charge in [-0.1, -0.05) is 18.2 Å². The van der Waals surface area contributed by atoms with E-state index in [0.29, 0.717) is 29.6 Å². The summed E-state index contributed by atoms with van der Waals surface area (Å²) < 4.78 is 55.3. The average molecular weight is 456 g/mol. The van der Waals surface area contributed by atoms with Crippen LogP contribution in [0, 0.1) is 6.92 Å². The zero-order valence-corrected chi connectivity index (χ0v) is 17.7. The van der Waals surface area contributed by atoms with Gasteiger partial charge in [0.05, 0.1) is 37.8 Å². The predicted molar refractivity (Wildman–Crippen MR) is 111 cm³/mol. The predicted octanol–water partition coefficient (Wildman–Crippen LogP) is 3.98. The summed E-state index contributed by atoms with van der Waals surface area (Å²) in [6.07, 6.45) is -2.01. The molecular weight excluding hydrogens is 437 g/mol. The van der Waals surface area contributed by atoms with Gasteiger partial charge in [-0.05, 0) is 25.1 Å². The van der Waals surface area contributed by atoms with E-state index in [4.69, 9.17) is 9.47 Å². The van der Waals surface area contributed by atoms with Crippen molar-refractivity contribution in [1.82, 2.24) is 29.3 Å². The van der Waals surface area contributed by atoms with E-state index in [9.17, 15) is 13.2 Å². The fourth-order valence-electron chi connectivity index (χ4n) is 3.82. The molecule has 4 aromatic rings. The zero-order valence-electron chi connectivity index (χ0n) is 17.7. The van der Waals surface area contributed by atoms with Crippen LogP contribution in [-0.2, 0) is 17.5 Å². The number of ether oxygens (including phenoxy) is 2. The molecule has 0 amide bonds. The van der Waals surface area contributed by atoms with Gasteiger partial charge < -0.3 is 14.0 Å². The van der Waals surface area contributed by atoms with Gasteiger partial charge in [-0.15, -0.1) is 5.10 Å². The highest BCUT2D eigenvalue weighted by atomic mass is 19.4. The quantitative estimate of drug-likeness (QED) is 0.462. The van der Waals surface area contributed by atoms with Crippen molar-refractivity contribution in [3.8, 4) is 23.1 Å². The molecule has 0 saturated heterocycles. The first kappa shape index (κ1) is 21.1. The Bertz CT molecular complexity index is 1310. The number of aryl methyl sites for hydroxylation is 1. The van der Waals surface area contributed by atoms with Crippen LogP contribution in [0.2, 0.25) is 0 Å². The van der Waals surface area contributed by atoms with E-state index in [1.807, 2.05) is 13.1 Å². The molecule has 0 bridgehead atoms. The smallest absolute Gasteiger partial charge is 0.416 e. The molecule has 1 atom stereocenters. The van der Waals surface area contributed by atoms with E-state index >= 15 is 0 Å². The molecule has 0 fully saturated rings. The number of hydrogen-bond acceptors (Lipinski definition) is 6. The summed E-state index contributed by atoms with van der Waals surface area (Å²) >= 11 is 0. The van der Waals surface area contributed by atoms with Crippen molar-refractivity contribution in [3.63, 3.8) is 0 Å². The van der Waals surface area contributed by atoms with Crippen molar-refractivity contribution in [2.45, 2.75) is 25.7 Å². The minimum Gasteiger partial charge on any atom is -0.479 e. The summed E-state index contributed by atoms with van der Waals surface area (Å²) in [4.78, 5) is 13.2. The van der Waals surface area contributed by atoms with Crippen molar-refractivity contribution >= 4 is 0 Å². The van der Waals surface area contributed by atoms with E-state index in [1.165, 1.54) is 19.2 Å². The van der Waals surface area contributed by atoms with Gasteiger partial charge in [-0.25, -0.2) is 19.6 Å². The lowest BCUT2D eigenvalue weighted by atomic mass is 10.0.